The van der Waals surface area contributed by atoms with E-state index in [4.69, 9.17) is 9.84 Å². The number of rotatable bonds is 6. The van der Waals surface area contributed by atoms with E-state index in [2.05, 4.69) is 26.9 Å². The molecule has 0 unspecified atom stereocenters. The smallest absolute Gasteiger partial charge is 0.480 e. The monoisotopic (exact) mass is 486 g/mol. The van der Waals surface area contributed by atoms with Crippen molar-refractivity contribution in [3.63, 3.8) is 0 Å². The van der Waals surface area contributed by atoms with Gasteiger partial charge in [0, 0.05) is 6.42 Å². The van der Waals surface area contributed by atoms with E-state index < -0.39 is 18.1 Å². The zero-order chi connectivity index (χ0) is 15.1. The first-order valence-electron chi connectivity index (χ1n) is 6.13. The largest absolute Gasteiger partial charge is 1.00 e. The molecule has 0 aliphatic heterocycles. The van der Waals surface area contributed by atoms with Crippen molar-refractivity contribution >= 4 is 12.1 Å². The number of aliphatic carboxylic acids is 1. The van der Waals surface area contributed by atoms with Crippen molar-refractivity contribution < 1.29 is 41.8 Å². The summed E-state index contributed by atoms with van der Waals surface area (Å²) in [6.45, 7) is -0.115. The minimum absolute atomic E-state index is 0. The van der Waals surface area contributed by atoms with Crippen molar-refractivity contribution in [3.8, 4) is 0 Å². The molecule has 0 radical (unpaired) electrons. The number of ether oxygens (including phenoxy) is 1. The van der Waals surface area contributed by atoms with Gasteiger partial charge in [0.1, 0.15) is 12.6 Å². The van der Waals surface area contributed by atoms with E-state index in [9.17, 15) is 9.59 Å². The zero-order valence-corrected chi connectivity index (χ0v) is 13.4. The number of carboxylic acid groups (broad SMARTS) is 1. The maximum absolute atomic E-state index is 11.6. The molecule has 1 aromatic carbocycles. The number of aromatic amines is 1. The van der Waals surface area contributed by atoms with E-state index in [0.717, 1.165) is 5.56 Å². The van der Waals surface area contributed by atoms with Crippen molar-refractivity contribution in [1.82, 2.24) is 20.7 Å². The van der Waals surface area contributed by atoms with Crippen LogP contribution in [0.25, 0.3) is 0 Å². The van der Waals surface area contributed by atoms with Crippen LogP contribution in [0.15, 0.2) is 30.3 Å². The molecule has 0 spiro atoms. The number of amides is 1. The molecular formula is C13H13AuN4O4. The number of hydrogen-bond acceptors (Lipinski definition) is 5. The van der Waals surface area contributed by atoms with Crippen LogP contribution >= 0.6 is 0 Å². The molecule has 0 bridgehead atoms. The molecule has 120 valence electrons. The van der Waals surface area contributed by atoms with E-state index in [1.807, 2.05) is 6.07 Å². The minimum atomic E-state index is -1.13. The molecule has 1 atom stereocenters. The number of carbonyl (C=O) groups excluding carboxylic acids is 1. The summed E-state index contributed by atoms with van der Waals surface area (Å²) in [6.07, 6.45) is 1.81. The number of nitrogens with one attached hydrogen (secondary N) is 2. The van der Waals surface area contributed by atoms with Gasteiger partial charge in [-0.25, -0.2) is 9.59 Å². The van der Waals surface area contributed by atoms with Crippen LogP contribution in [0.4, 0.5) is 4.79 Å². The second-order valence-corrected chi connectivity index (χ2v) is 4.20. The van der Waals surface area contributed by atoms with Crippen molar-refractivity contribution in [3.05, 3.63) is 47.8 Å². The Morgan fingerprint density at radius 3 is 2.68 bits per heavy atom. The van der Waals surface area contributed by atoms with Gasteiger partial charge in [0.2, 0.25) is 0 Å². The normalized spacial score (nSPS) is 11.1. The van der Waals surface area contributed by atoms with Crippen LogP contribution in [0.3, 0.4) is 0 Å². The van der Waals surface area contributed by atoms with Crippen LogP contribution in [-0.2, 0) is 44.9 Å². The molecule has 2 aromatic rings. The van der Waals surface area contributed by atoms with E-state index >= 15 is 0 Å². The summed E-state index contributed by atoms with van der Waals surface area (Å²) in [4.78, 5) is 22.7. The maximum Gasteiger partial charge on any atom is 1.00 e. The van der Waals surface area contributed by atoms with Crippen LogP contribution in [0.2, 0.25) is 0 Å². The quantitative estimate of drug-likeness (QED) is 0.405. The molecule has 1 aromatic heterocycles. The first-order valence-corrected chi connectivity index (χ1v) is 6.13. The summed E-state index contributed by atoms with van der Waals surface area (Å²) in [5, 5.41) is 20.7. The summed E-state index contributed by atoms with van der Waals surface area (Å²) in [5.41, 5.74) is 1.19. The van der Waals surface area contributed by atoms with Gasteiger partial charge in [-0.1, -0.05) is 36.0 Å². The molecule has 1 heterocycles. The fourth-order valence-corrected chi connectivity index (χ4v) is 1.63. The van der Waals surface area contributed by atoms with E-state index in [-0.39, 0.29) is 35.4 Å². The number of benzene rings is 1. The minimum Gasteiger partial charge on any atom is -0.480 e. The molecule has 2 rings (SSSR count). The number of carbonyl (C=O) groups is 2. The number of hydrogen-bond donors (Lipinski definition) is 3. The first-order chi connectivity index (χ1) is 10.1. The standard InChI is InChI=1S/C13H13N4O4.Au/c18-12(19)11(6-9-4-2-1-3-5-9)15-13(20)21-8-10-7-14-17-16-10;/h1-5,11H,6,8H2,(H,15,20)(H,18,19)(H,14,16,17);/q-1;+1/t11-;/m1./s1. The number of nitrogens with zero attached hydrogens (tertiary/aromatic N) is 2. The number of H-pyrrole nitrogens is 1. The summed E-state index contributed by atoms with van der Waals surface area (Å²) >= 11 is 0. The van der Waals surface area contributed by atoms with E-state index in [0.29, 0.717) is 5.69 Å². The van der Waals surface area contributed by atoms with Gasteiger partial charge in [0.05, 0.1) is 0 Å². The molecule has 0 aliphatic carbocycles. The molecule has 0 saturated heterocycles. The molecule has 3 N–H and O–H groups in total. The SMILES string of the molecule is O=C(N[C@H](Cc1ccccc1)C(=O)O)OCc1[c-]nn[nH]1.[Au+]. The van der Waals surface area contributed by atoms with Crippen molar-refractivity contribution in [1.29, 1.82) is 0 Å². The topological polar surface area (TPSA) is 117 Å². The second kappa shape index (κ2) is 8.98. The first kappa shape index (κ1) is 17.9. The second-order valence-electron chi connectivity index (χ2n) is 4.20. The molecule has 9 heteroatoms. The van der Waals surface area contributed by atoms with Gasteiger partial charge in [-0.2, -0.15) is 0 Å². The number of carboxylic acids is 1. The Kier molecular flexibility index (Phi) is 7.30. The summed E-state index contributed by atoms with van der Waals surface area (Å²) in [7, 11) is 0. The Labute approximate surface area is 141 Å². The van der Waals surface area contributed by atoms with Gasteiger partial charge in [-0.3, -0.25) is 5.10 Å². The fraction of sp³-hybridized carbons (Fsp3) is 0.231. The van der Waals surface area contributed by atoms with Gasteiger partial charge in [0.25, 0.3) is 0 Å². The Morgan fingerprint density at radius 2 is 2.09 bits per heavy atom. The number of aromatic nitrogens is 3. The fourth-order valence-electron chi connectivity index (χ4n) is 1.63. The van der Waals surface area contributed by atoms with Crippen LogP contribution in [0.5, 0.6) is 0 Å². The zero-order valence-electron chi connectivity index (χ0n) is 11.2. The average Bonchev–Trinajstić information content (AvgIpc) is 2.99. The van der Waals surface area contributed by atoms with Gasteiger partial charge in [-0.15, -0.1) is 5.21 Å². The maximum atomic E-state index is 11.6. The van der Waals surface area contributed by atoms with Gasteiger partial charge >= 0.3 is 34.4 Å². The van der Waals surface area contributed by atoms with Crippen LogP contribution < -0.4 is 5.32 Å². The predicted octanol–water partition coefficient (Wildman–Crippen LogP) is 0.524. The third-order valence-corrected chi connectivity index (χ3v) is 2.64. The Hall–Kier alpha value is -2.16. The Balaban J connectivity index is 0.00000242. The third-order valence-electron chi connectivity index (χ3n) is 2.64. The molecule has 22 heavy (non-hydrogen) atoms. The summed E-state index contributed by atoms with van der Waals surface area (Å²) in [6, 6.07) is 7.93. The molecule has 0 fully saturated rings. The molecule has 0 aliphatic rings. The molecule has 8 nitrogen and oxygen atoms in total. The van der Waals surface area contributed by atoms with Gasteiger partial charge < -0.3 is 26.5 Å². The van der Waals surface area contributed by atoms with Gasteiger partial charge in [0.15, 0.2) is 0 Å². The van der Waals surface area contributed by atoms with Crippen molar-refractivity contribution in [2.75, 3.05) is 0 Å². The van der Waals surface area contributed by atoms with E-state index in [1.165, 1.54) is 0 Å². The Morgan fingerprint density at radius 1 is 1.36 bits per heavy atom. The molecular weight excluding hydrogens is 473 g/mol. The molecule has 0 saturated carbocycles. The average molecular weight is 486 g/mol. The summed E-state index contributed by atoms with van der Waals surface area (Å²) < 4.78 is 4.85. The third kappa shape index (κ3) is 5.68. The predicted molar refractivity (Wildman–Crippen MR) is 70.1 cm³/mol. The number of alkyl carbamates (subject to hydrolysis) is 1. The molecule has 1 amide bonds. The Bertz CT molecular complexity index is 591. The van der Waals surface area contributed by atoms with Crippen LogP contribution in [0, 0.1) is 6.20 Å². The summed E-state index contributed by atoms with van der Waals surface area (Å²) in [5.74, 6) is -1.13. The van der Waals surface area contributed by atoms with E-state index in [1.54, 1.807) is 24.3 Å². The van der Waals surface area contributed by atoms with Crippen molar-refractivity contribution in [2.24, 2.45) is 0 Å². The van der Waals surface area contributed by atoms with Crippen LogP contribution in [-0.4, -0.2) is 38.6 Å². The van der Waals surface area contributed by atoms with Gasteiger partial charge in [-0.05, 0) is 5.56 Å². The van der Waals surface area contributed by atoms with Crippen molar-refractivity contribution in [2.45, 2.75) is 19.1 Å². The van der Waals surface area contributed by atoms with Crippen LogP contribution in [0.1, 0.15) is 11.3 Å².